The number of carbonyl (C=O) groups is 8. The minimum absolute atomic E-state index is 0.00578. The van der Waals surface area contributed by atoms with Crippen LogP contribution in [0, 0.1) is 23.7 Å². The summed E-state index contributed by atoms with van der Waals surface area (Å²) in [6.45, 7) is 18.7. The molecule has 306 valence electrons. The molecule has 16 heteroatoms. The smallest absolute Gasteiger partial charge is 0.333 e. The van der Waals surface area contributed by atoms with E-state index in [0.717, 1.165) is 40.2 Å². The van der Waals surface area contributed by atoms with Gasteiger partial charge in [0.2, 0.25) is 11.8 Å². The van der Waals surface area contributed by atoms with E-state index in [2.05, 4.69) is 36.9 Å². The first kappa shape index (κ1) is 44.9. The van der Waals surface area contributed by atoms with Crippen LogP contribution >= 0.6 is 0 Å². The van der Waals surface area contributed by atoms with E-state index in [4.69, 9.17) is 18.9 Å². The molecule has 0 aromatic heterocycles. The minimum Gasteiger partial charge on any atom is -0.460 e. The molecule has 2 fully saturated rings. The third-order valence-corrected chi connectivity index (χ3v) is 9.87. The number of esters is 4. The summed E-state index contributed by atoms with van der Waals surface area (Å²) in [7, 11) is 0. The second-order valence-corrected chi connectivity index (χ2v) is 14.4. The molecule has 56 heavy (non-hydrogen) atoms. The maximum absolute atomic E-state index is 13.8. The number of allylic oxidation sites excluding steroid dienone is 1. The van der Waals surface area contributed by atoms with Gasteiger partial charge in [-0.05, 0) is 77.0 Å². The Morgan fingerprint density at radius 3 is 1.48 bits per heavy atom. The van der Waals surface area contributed by atoms with E-state index in [1.807, 2.05) is 0 Å². The molecule has 2 bridgehead atoms. The van der Waals surface area contributed by atoms with E-state index in [0.29, 0.717) is 12.3 Å². The van der Waals surface area contributed by atoms with Gasteiger partial charge in [0, 0.05) is 35.1 Å². The van der Waals surface area contributed by atoms with E-state index in [-0.39, 0.29) is 105 Å². The highest BCUT2D eigenvalue weighted by Gasteiger charge is 2.52. The molecule has 3 aliphatic rings. The summed E-state index contributed by atoms with van der Waals surface area (Å²) in [4.78, 5) is 103. The van der Waals surface area contributed by atoms with Crippen molar-refractivity contribution in [2.24, 2.45) is 23.7 Å². The van der Waals surface area contributed by atoms with E-state index in [1.165, 1.54) is 27.7 Å². The predicted molar refractivity (Wildman–Crippen MR) is 202 cm³/mol. The summed E-state index contributed by atoms with van der Waals surface area (Å²) in [5.41, 5.74) is 2.76. The number of hydrogen-bond acceptors (Lipinski definition) is 12. The Bertz CT molecular complexity index is 1680. The number of hydrogen-bond donors (Lipinski definition) is 2. The molecule has 6 amide bonds. The first-order valence-electron chi connectivity index (χ1n) is 18.6. The monoisotopic (exact) mass is 782 g/mol. The minimum atomic E-state index is -0.745. The predicted octanol–water partition coefficient (Wildman–Crippen LogP) is 3.68. The van der Waals surface area contributed by atoms with Crippen LogP contribution in [0.3, 0.4) is 0 Å². The molecule has 2 N–H and O–H groups in total. The lowest BCUT2D eigenvalue weighted by Gasteiger charge is -2.30. The fraction of sp³-hybridized carbons (Fsp3) is 0.550. The Kier molecular flexibility index (Phi) is 16.8. The van der Waals surface area contributed by atoms with Gasteiger partial charge in [0.05, 0.1) is 26.2 Å². The number of nitrogens with zero attached hydrogens (tertiary/aromatic N) is 2. The molecule has 0 aliphatic heterocycles. The Balaban J connectivity index is 1.72. The Morgan fingerprint density at radius 2 is 1.04 bits per heavy atom. The van der Waals surface area contributed by atoms with Crippen molar-refractivity contribution in [1.29, 1.82) is 0 Å². The number of ether oxygens (including phenoxy) is 4. The van der Waals surface area contributed by atoms with Crippen molar-refractivity contribution in [3.05, 3.63) is 59.8 Å². The molecule has 0 spiro atoms. The first-order chi connectivity index (χ1) is 26.4. The SMILES string of the molecule is C=C(C)C(=O)OCCNC(=O)N(CCOC(=O)C(=C)C)C(=O)CC1=C2C(CC1)C1CC(CC(=O)N(CCOC(=O)C(=C)C)C(=O)NCCOC(=O)C(=C)C)C2C1. The fourth-order valence-electron chi connectivity index (χ4n) is 7.25. The summed E-state index contributed by atoms with van der Waals surface area (Å²) >= 11 is 0. The van der Waals surface area contributed by atoms with Gasteiger partial charge in [-0.15, -0.1) is 0 Å². The first-order valence-corrected chi connectivity index (χ1v) is 18.6. The molecule has 0 saturated heterocycles. The molecule has 3 aliphatic carbocycles. The summed E-state index contributed by atoms with van der Waals surface area (Å²) in [6, 6.07) is -1.48. The van der Waals surface area contributed by atoms with Gasteiger partial charge in [-0.1, -0.05) is 37.5 Å². The third kappa shape index (κ3) is 12.5. The van der Waals surface area contributed by atoms with Crippen LogP contribution in [0.4, 0.5) is 9.59 Å². The zero-order valence-electron chi connectivity index (χ0n) is 32.8. The molecule has 0 aromatic carbocycles. The summed E-state index contributed by atoms with van der Waals surface area (Å²) in [5.74, 6) is -3.11. The number of fused-ring (bicyclic) bond motifs is 5. The molecule has 16 nitrogen and oxygen atoms in total. The second-order valence-electron chi connectivity index (χ2n) is 14.4. The topological polar surface area (TPSA) is 204 Å². The summed E-state index contributed by atoms with van der Waals surface area (Å²) in [5, 5.41) is 5.14. The fourth-order valence-corrected chi connectivity index (χ4v) is 7.25. The zero-order valence-corrected chi connectivity index (χ0v) is 32.8. The van der Waals surface area contributed by atoms with Crippen molar-refractivity contribution in [1.82, 2.24) is 20.4 Å². The molecule has 3 rings (SSSR count). The molecule has 0 aromatic rings. The Morgan fingerprint density at radius 1 is 0.607 bits per heavy atom. The van der Waals surface area contributed by atoms with Gasteiger partial charge in [0.1, 0.15) is 26.4 Å². The van der Waals surface area contributed by atoms with Crippen LogP contribution in [0.25, 0.3) is 0 Å². The lowest BCUT2D eigenvalue weighted by molar-refractivity contribution is -0.141. The zero-order chi connectivity index (χ0) is 41.7. The average molecular weight is 783 g/mol. The number of amides is 6. The van der Waals surface area contributed by atoms with E-state index >= 15 is 0 Å². The highest BCUT2D eigenvalue weighted by atomic mass is 16.5. The van der Waals surface area contributed by atoms with Gasteiger partial charge in [-0.2, -0.15) is 0 Å². The van der Waals surface area contributed by atoms with Gasteiger partial charge >= 0.3 is 35.9 Å². The van der Waals surface area contributed by atoms with Gasteiger partial charge in [-0.3, -0.25) is 19.4 Å². The van der Waals surface area contributed by atoms with Gasteiger partial charge in [-0.25, -0.2) is 28.8 Å². The summed E-state index contributed by atoms with van der Waals surface area (Å²) < 4.78 is 20.4. The van der Waals surface area contributed by atoms with Crippen molar-refractivity contribution in [3.8, 4) is 0 Å². The third-order valence-electron chi connectivity index (χ3n) is 9.87. The molecule has 4 atom stereocenters. The average Bonchev–Trinajstić information content (AvgIpc) is 3.84. The largest absolute Gasteiger partial charge is 0.460 e. The van der Waals surface area contributed by atoms with E-state index < -0.39 is 47.8 Å². The number of nitrogens with one attached hydrogen (secondary N) is 2. The summed E-state index contributed by atoms with van der Waals surface area (Å²) in [6.07, 6.45) is 3.06. The quantitative estimate of drug-likeness (QED) is 0.0597. The van der Waals surface area contributed by atoms with Crippen LogP contribution < -0.4 is 10.6 Å². The lowest BCUT2D eigenvalue weighted by atomic mass is 9.77. The normalized spacial score (nSPS) is 18.9. The number of urea groups is 2. The molecule has 0 radical (unpaired) electrons. The molecule has 4 unspecified atom stereocenters. The number of imide groups is 2. The standard InChI is InChI=1S/C40H54N4O12/c1-23(2)35(47)53-15-11-41-39(51)43(13-17-55-37(49)25(5)6)32(45)21-27-9-10-30-28-19-29(31(20-28)34(27)30)22-33(46)44(14-18-56-38(50)26(7)8)40(52)42-12-16-54-36(48)24(3)4/h28-31H,1,3,5,7,9-22H2,2,4,6,8H3,(H,41,51)(H,42,52). The van der Waals surface area contributed by atoms with Crippen molar-refractivity contribution in [2.45, 2.75) is 66.2 Å². The molecular formula is C40H54N4O12. The highest BCUT2D eigenvalue weighted by Crippen LogP contribution is 2.61. The maximum Gasteiger partial charge on any atom is 0.333 e. The van der Waals surface area contributed by atoms with Crippen LogP contribution in [0.1, 0.15) is 66.2 Å². The van der Waals surface area contributed by atoms with Crippen LogP contribution in [-0.2, 0) is 47.7 Å². The lowest BCUT2D eigenvalue weighted by Crippen LogP contribution is -2.47. The van der Waals surface area contributed by atoms with Crippen molar-refractivity contribution in [2.75, 3.05) is 52.6 Å². The van der Waals surface area contributed by atoms with E-state index in [1.54, 1.807) is 0 Å². The number of carbonyl (C=O) groups excluding carboxylic acids is 8. The van der Waals surface area contributed by atoms with Gasteiger partial charge in [0.15, 0.2) is 0 Å². The van der Waals surface area contributed by atoms with Crippen molar-refractivity contribution in [3.63, 3.8) is 0 Å². The molecule has 0 heterocycles. The Hall–Kier alpha value is -5.54. The maximum atomic E-state index is 13.8. The molecule has 2 saturated carbocycles. The van der Waals surface area contributed by atoms with Crippen LogP contribution in [-0.4, -0.2) is 110 Å². The highest BCUT2D eigenvalue weighted by molar-refractivity contribution is 5.96. The van der Waals surface area contributed by atoms with Gasteiger partial charge in [0.25, 0.3) is 0 Å². The van der Waals surface area contributed by atoms with E-state index in [9.17, 15) is 38.4 Å². The van der Waals surface area contributed by atoms with Crippen molar-refractivity contribution < 1.29 is 57.3 Å². The van der Waals surface area contributed by atoms with Crippen LogP contribution in [0.15, 0.2) is 59.8 Å². The van der Waals surface area contributed by atoms with Gasteiger partial charge < -0.3 is 29.6 Å². The van der Waals surface area contributed by atoms with Crippen LogP contribution in [0.2, 0.25) is 0 Å². The second kappa shape index (κ2) is 20.9. The molecular weight excluding hydrogens is 728 g/mol. The van der Waals surface area contributed by atoms with Crippen molar-refractivity contribution >= 4 is 47.8 Å². The number of rotatable bonds is 20. The van der Waals surface area contributed by atoms with Crippen LogP contribution in [0.5, 0.6) is 0 Å². The Labute approximate surface area is 327 Å².